The number of halogens is 2. The number of nitrogens with one attached hydrogen (secondary N) is 1. The van der Waals surface area contributed by atoms with E-state index < -0.39 is 0 Å². The van der Waals surface area contributed by atoms with E-state index in [-0.39, 0.29) is 5.78 Å². The second kappa shape index (κ2) is 5.58. The fourth-order valence-electron chi connectivity index (χ4n) is 2.43. The molecular formula is C16H13Cl2NO2. The Morgan fingerprint density at radius 1 is 1.10 bits per heavy atom. The smallest absolute Gasteiger partial charge is 0.163 e. The molecule has 5 heteroatoms. The summed E-state index contributed by atoms with van der Waals surface area (Å²) in [6, 6.07) is 8.77. The van der Waals surface area contributed by atoms with E-state index in [2.05, 4.69) is 5.32 Å². The lowest BCUT2D eigenvalue weighted by Gasteiger charge is -2.14. The summed E-state index contributed by atoms with van der Waals surface area (Å²) in [5.74, 6) is 1.23. The average Bonchev–Trinajstić information content (AvgIpc) is 2.82. The minimum absolute atomic E-state index is 0.153. The van der Waals surface area contributed by atoms with Crippen molar-refractivity contribution in [2.24, 2.45) is 0 Å². The van der Waals surface area contributed by atoms with E-state index in [1.807, 2.05) is 13.1 Å². The van der Waals surface area contributed by atoms with Gasteiger partial charge in [-0.05, 0) is 42.3 Å². The molecule has 3 nitrogen and oxygen atoms in total. The molecule has 0 aromatic heterocycles. The van der Waals surface area contributed by atoms with Gasteiger partial charge in [-0.25, -0.2) is 0 Å². The number of hydrogen-bond donors (Lipinski definition) is 1. The first-order valence-corrected chi connectivity index (χ1v) is 7.35. The zero-order valence-electron chi connectivity index (χ0n) is 11.4. The molecule has 1 N–H and O–H groups in total. The van der Waals surface area contributed by atoms with Gasteiger partial charge in [0.15, 0.2) is 11.5 Å². The number of fused-ring (bicyclic) bond motifs is 1. The number of Topliss-reactive ketones (excluding diaryl/α,β-unsaturated/α-hetero) is 1. The minimum Gasteiger partial charge on any atom is -0.454 e. The maximum atomic E-state index is 11.9. The lowest BCUT2D eigenvalue weighted by Crippen LogP contribution is -1.98. The zero-order chi connectivity index (χ0) is 15.0. The summed E-state index contributed by atoms with van der Waals surface area (Å²) in [4.78, 5) is 11.9. The van der Waals surface area contributed by atoms with Gasteiger partial charge in [-0.3, -0.25) is 4.79 Å². The van der Waals surface area contributed by atoms with Gasteiger partial charge >= 0.3 is 0 Å². The SMILES string of the molecule is CNc1cc2c(cc1Oc1ccc(Cl)cc1Cl)C(=O)CC2. The second-order valence-electron chi connectivity index (χ2n) is 4.86. The molecule has 108 valence electrons. The van der Waals surface area contributed by atoms with Gasteiger partial charge in [0.2, 0.25) is 0 Å². The largest absolute Gasteiger partial charge is 0.454 e. The van der Waals surface area contributed by atoms with E-state index in [1.54, 1.807) is 24.3 Å². The van der Waals surface area contributed by atoms with Crippen molar-refractivity contribution < 1.29 is 9.53 Å². The van der Waals surface area contributed by atoms with Gasteiger partial charge in [0, 0.05) is 24.1 Å². The highest BCUT2D eigenvalue weighted by molar-refractivity contribution is 6.35. The number of aryl methyl sites for hydroxylation is 1. The zero-order valence-corrected chi connectivity index (χ0v) is 12.9. The van der Waals surface area contributed by atoms with Crippen LogP contribution in [0.5, 0.6) is 11.5 Å². The van der Waals surface area contributed by atoms with Crippen LogP contribution in [0, 0.1) is 0 Å². The summed E-state index contributed by atoms with van der Waals surface area (Å²) >= 11 is 12.0. The van der Waals surface area contributed by atoms with Crippen molar-refractivity contribution >= 4 is 34.7 Å². The number of carbonyl (C=O) groups is 1. The van der Waals surface area contributed by atoms with Crippen LogP contribution in [0.2, 0.25) is 10.0 Å². The standard InChI is InChI=1S/C16H13Cl2NO2/c1-19-13-6-9-2-4-14(20)11(9)8-16(13)21-15-5-3-10(17)7-12(15)18/h3,5-8,19H,2,4H2,1H3. The first-order valence-electron chi connectivity index (χ1n) is 6.59. The van der Waals surface area contributed by atoms with Crippen molar-refractivity contribution in [2.45, 2.75) is 12.8 Å². The molecule has 0 aliphatic heterocycles. The number of hydrogen-bond acceptors (Lipinski definition) is 3. The van der Waals surface area contributed by atoms with E-state index >= 15 is 0 Å². The molecule has 0 atom stereocenters. The van der Waals surface area contributed by atoms with E-state index in [9.17, 15) is 4.79 Å². The number of carbonyl (C=O) groups excluding carboxylic acids is 1. The fourth-order valence-corrected chi connectivity index (χ4v) is 2.88. The summed E-state index contributed by atoms with van der Waals surface area (Å²) in [7, 11) is 1.81. The molecule has 21 heavy (non-hydrogen) atoms. The van der Waals surface area contributed by atoms with Crippen LogP contribution in [0.1, 0.15) is 22.3 Å². The van der Waals surface area contributed by atoms with Gasteiger partial charge in [0.1, 0.15) is 5.75 Å². The Morgan fingerprint density at radius 2 is 1.90 bits per heavy atom. The number of ketones is 1. The van der Waals surface area contributed by atoms with Crippen LogP contribution in [0.25, 0.3) is 0 Å². The monoisotopic (exact) mass is 321 g/mol. The Bertz CT molecular complexity index is 728. The topological polar surface area (TPSA) is 38.3 Å². The van der Waals surface area contributed by atoms with Gasteiger partial charge in [0.25, 0.3) is 0 Å². The summed E-state index contributed by atoms with van der Waals surface area (Å²) < 4.78 is 5.85. The first-order chi connectivity index (χ1) is 10.1. The molecule has 0 amide bonds. The number of ether oxygens (including phenoxy) is 1. The summed E-state index contributed by atoms with van der Waals surface area (Å²) in [6.07, 6.45) is 1.34. The summed E-state index contributed by atoms with van der Waals surface area (Å²) in [5.41, 5.74) is 2.61. The molecule has 3 rings (SSSR count). The van der Waals surface area contributed by atoms with Crippen molar-refractivity contribution in [3.8, 4) is 11.5 Å². The Kier molecular flexibility index (Phi) is 3.79. The van der Waals surface area contributed by atoms with Crippen LogP contribution >= 0.6 is 23.2 Å². The lowest BCUT2D eigenvalue weighted by atomic mass is 10.1. The lowest BCUT2D eigenvalue weighted by molar-refractivity contribution is 0.0994. The third kappa shape index (κ3) is 2.71. The highest BCUT2D eigenvalue weighted by Crippen LogP contribution is 2.38. The molecule has 1 aliphatic rings. The quantitative estimate of drug-likeness (QED) is 0.868. The molecule has 0 bridgehead atoms. The van der Waals surface area contributed by atoms with Crippen molar-refractivity contribution in [1.29, 1.82) is 0 Å². The maximum absolute atomic E-state index is 11.9. The Labute approximate surface area is 132 Å². The number of rotatable bonds is 3. The van der Waals surface area contributed by atoms with Crippen LogP contribution in [0.3, 0.4) is 0 Å². The molecule has 0 heterocycles. The van der Waals surface area contributed by atoms with Crippen LogP contribution in [0.4, 0.5) is 5.69 Å². The Morgan fingerprint density at radius 3 is 2.62 bits per heavy atom. The summed E-state index contributed by atoms with van der Waals surface area (Å²) in [5, 5.41) is 4.06. The van der Waals surface area contributed by atoms with E-state index in [4.69, 9.17) is 27.9 Å². The van der Waals surface area contributed by atoms with Crippen molar-refractivity contribution in [2.75, 3.05) is 12.4 Å². The second-order valence-corrected chi connectivity index (χ2v) is 5.70. The predicted octanol–water partition coefficient (Wildman–Crippen LogP) is 4.96. The van der Waals surface area contributed by atoms with Crippen LogP contribution in [-0.2, 0) is 6.42 Å². The fraction of sp³-hybridized carbons (Fsp3) is 0.188. The molecule has 0 spiro atoms. The highest BCUT2D eigenvalue weighted by atomic mass is 35.5. The first kappa shape index (κ1) is 14.2. The Hall–Kier alpha value is -1.71. The molecule has 1 aliphatic carbocycles. The van der Waals surface area contributed by atoms with Crippen LogP contribution in [0.15, 0.2) is 30.3 Å². The molecule has 0 fully saturated rings. The molecule has 0 saturated heterocycles. The molecular weight excluding hydrogens is 309 g/mol. The molecule has 2 aromatic rings. The molecule has 0 unspecified atom stereocenters. The number of benzene rings is 2. The van der Waals surface area contributed by atoms with Crippen LogP contribution in [-0.4, -0.2) is 12.8 Å². The maximum Gasteiger partial charge on any atom is 0.163 e. The van der Waals surface area contributed by atoms with Gasteiger partial charge in [-0.1, -0.05) is 23.2 Å². The van der Waals surface area contributed by atoms with Crippen molar-refractivity contribution in [1.82, 2.24) is 0 Å². The van der Waals surface area contributed by atoms with E-state index in [0.717, 1.165) is 23.2 Å². The Balaban J connectivity index is 2.01. The van der Waals surface area contributed by atoms with E-state index in [1.165, 1.54) is 0 Å². The van der Waals surface area contributed by atoms with Gasteiger partial charge < -0.3 is 10.1 Å². The van der Waals surface area contributed by atoms with Gasteiger partial charge in [0.05, 0.1) is 10.7 Å². The van der Waals surface area contributed by atoms with Crippen molar-refractivity contribution in [3.05, 3.63) is 51.5 Å². The van der Waals surface area contributed by atoms with Crippen molar-refractivity contribution in [3.63, 3.8) is 0 Å². The normalized spacial score (nSPS) is 13.2. The third-order valence-electron chi connectivity index (χ3n) is 3.51. The van der Waals surface area contributed by atoms with Gasteiger partial charge in [-0.2, -0.15) is 0 Å². The highest BCUT2D eigenvalue weighted by Gasteiger charge is 2.22. The number of anilines is 1. The molecule has 0 radical (unpaired) electrons. The minimum atomic E-state index is 0.153. The molecule has 0 saturated carbocycles. The average molecular weight is 322 g/mol. The summed E-state index contributed by atoms with van der Waals surface area (Å²) in [6.45, 7) is 0. The van der Waals surface area contributed by atoms with Gasteiger partial charge in [-0.15, -0.1) is 0 Å². The van der Waals surface area contributed by atoms with Crippen LogP contribution < -0.4 is 10.1 Å². The third-order valence-corrected chi connectivity index (χ3v) is 4.04. The predicted molar refractivity (Wildman–Crippen MR) is 85.2 cm³/mol. The molecule has 2 aromatic carbocycles. The van der Waals surface area contributed by atoms with E-state index in [0.29, 0.717) is 28.0 Å².